The molecule has 0 bridgehead atoms. The molecule has 0 aliphatic heterocycles. The van der Waals surface area contributed by atoms with E-state index in [4.69, 9.17) is 0 Å². The summed E-state index contributed by atoms with van der Waals surface area (Å²) in [5.41, 5.74) is 1.22. The summed E-state index contributed by atoms with van der Waals surface area (Å²) in [6.45, 7) is 7.15. The molecule has 78 valence electrons. The molecule has 0 heterocycles. The highest BCUT2D eigenvalue weighted by Gasteiger charge is 2.83. The highest BCUT2D eigenvalue weighted by molar-refractivity contribution is 5.90. The van der Waals surface area contributed by atoms with Crippen LogP contribution in [0.3, 0.4) is 0 Å². The molecule has 0 saturated heterocycles. The normalized spacial score (nSPS) is 53.9. The fourth-order valence-corrected chi connectivity index (χ4v) is 5.27. The molecule has 0 aromatic carbocycles. The van der Waals surface area contributed by atoms with E-state index in [1.54, 1.807) is 0 Å². The van der Waals surface area contributed by atoms with Crippen LogP contribution in [0.5, 0.6) is 0 Å². The smallest absolute Gasteiger partial charge is 0.137 e. The van der Waals surface area contributed by atoms with Crippen molar-refractivity contribution in [2.45, 2.75) is 52.9 Å². The van der Waals surface area contributed by atoms with Crippen molar-refractivity contribution in [3.63, 3.8) is 0 Å². The van der Waals surface area contributed by atoms with E-state index in [2.05, 4.69) is 20.8 Å². The summed E-state index contributed by atoms with van der Waals surface area (Å²) in [7, 11) is 0. The van der Waals surface area contributed by atoms with Gasteiger partial charge in [0.15, 0.2) is 0 Å². The molecule has 1 heteroatoms. The Morgan fingerprint density at radius 2 is 1.86 bits per heavy atom. The molecule has 0 N–H and O–H groups in total. The molecular weight excluding hydrogens is 172 g/mol. The summed E-state index contributed by atoms with van der Waals surface area (Å²) < 4.78 is 0. The molecule has 3 aliphatic carbocycles. The molecule has 0 unspecified atom stereocenters. The molecule has 3 rings (SSSR count). The van der Waals surface area contributed by atoms with Crippen LogP contribution in [0.15, 0.2) is 0 Å². The zero-order chi connectivity index (χ0) is 10.2. The lowest BCUT2D eigenvalue weighted by atomic mass is 9.62. The number of Topliss-reactive ketones (excluding diaryl/α,β-unsaturated/α-hetero) is 1. The van der Waals surface area contributed by atoms with Crippen molar-refractivity contribution >= 4 is 5.78 Å². The van der Waals surface area contributed by atoms with Gasteiger partial charge in [0.1, 0.15) is 5.78 Å². The molecule has 3 atom stereocenters. The third-order valence-corrected chi connectivity index (χ3v) is 5.86. The molecule has 1 spiro atoms. The summed E-state index contributed by atoms with van der Waals surface area (Å²) in [5.74, 6) is 1.01. The van der Waals surface area contributed by atoms with Crippen LogP contribution in [0, 0.1) is 22.2 Å². The van der Waals surface area contributed by atoms with Gasteiger partial charge in [-0.15, -0.1) is 0 Å². The van der Waals surface area contributed by atoms with E-state index in [9.17, 15) is 4.79 Å². The van der Waals surface area contributed by atoms with Gasteiger partial charge < -0.3 is 0 Å². The Bertz CT molecular complexity index is 317. The number of hydrogen-bond donors (Lipinski definition) is 0. The van der Waals surface area contributed by atoms with Crippen LogP contribution < -0.4 is 0 Å². The summed E-state index contributed by atoms with van der Waals surface area (Å²) in [4.78, 5) is 11.9. The average molecular weight is 192 g/mol. The molecule has 3 saturated carbocycles. The first kappa shape index (κ1) is 8.94. The van der Waals surface area contributed by atoms with E-state index >= 15 is 0 Å². The van der Waals surface area contributed by atoms with E-state index in [1.807, 2.05) is 0 Å². The third kappa shape index (κ3) is 0.637. The Morgan fingerprint density at radius 3 is 2.50 bits per heavy atom. The van der Waals surface area contributed by atoms with Gasteiger partial charge in [-0.2, -0.15) is 0 Å². The molecular formula is C13H20O. The zero-order valence-electron chi connectivity index (χ0n) is 9.52. The van der Waals surface area contributed by atoms with Crippen LogP contribution >= 0.6 is 0 Å². The molecule has 0 aromatic heterocycles. The van der Waals surface area contributed by atoms with Crippen molar-refractivity contribution in [1.82, 2.24) is 0 Å². The molecule has 3 aliphatic rings. The first-order chi connectivity index (χ1) is 6.46. The van der Waals surface area contributed by atoms with Gasteiger partial charge in [-0.1, -0.05) is 27.2 Å². The Hall–Kier alpha value is -0.330. The molecule has 14 heavy (non-hydrogen) atoms. The number of carbonyl (C=O) groups is 1. The summed E-state index contributed by atoms with van der Waals surface area (Å²) in [6.07, 6.45) is 6.00. The Morgan fingerprint density at radius 1 is 1.14 bits per heavy atom. The van der Waals surface area contributed by atoms with Crippen molar-refractivity contribution in [1.29, 1.82) is 0 Å². The second-order valence-electron chi connectivity index (χ2n) is 6.53. The standard InChI is InChI=1S/C13H20O/c1-11(2)6-4-7-12(3)10-9(14)5-8-13(10,11)12/h10H,4-8H2,1-3H3/t10-,12+,13+/m0/s1. The van der Waals surface area contributed by atoms with E-state index in [0.29, 0.717) is 27.9 Å². The van der Waals surface area contributed by atoms with Crippen LogP contribution in [0.4, 0.5) is 0 Å². The topological polar surface area (TPSA) is 17.1 Å². The van der Waals surface area contributed by atoms with Crippen molar-refractivity contribution in [3.8, 4) is 0 Å². The first-order valence-corrected chi connectivity index (χ1v) is 5.98. The number of ketones is 1. The molecule has 0 amide bonds. The van der Waals surface area contributed by atoms with Crippen LogP contribution in [0.1, 0.15) is 52.9 Å². The third-order valence-electron chi connectivity index (χ3n) is 5.86. The van der Waals surface area contributed by atoms with Crippen LogP contribution in [-0.4, -0.2) is 5.78 Å². The van der Waals surface area contributed by atoms with E-state index in [0.717, 1.165) is 6.42 Å². The van der Waals surface area contributed by atoms with Gasteiger partial charge >= 0.3 is 0 Å². The molecule has 0 aromatic rings. The van der Waals surface area contributed by atoms with Gasteiger partial charge in [0.25, 0.3) is 0 Å². The van der Waals surface area contributed by atoms with Gasteiger partial charge in [0, 0.05) is 12.3 Å². The predicted octanol–water partition coefficient (Wildman–Crippen LogP) is 3.18. The van der Waals surface area contributed by atoms with Crippen molar-refractivity contribution in [2.75, 3.05) is 0 Å². The molecule has 1 nitrogen and oxygen atoms in total. The Labute approximate surface area is 86.3 Å². The fraction of sp³-hybridized carbons (Fsp3) is 0.923. The lowest BCUT2D eigenvalue weighted by Crippen LogP contribution is -2.33. The van der Waals surface area contributed by atoms with Gasteiger partial charge in [0.2, 0.25) is 0 Å². The highest BCUT2D eigenvalue weighted by Crippen LogP contribution is 2.85. The number of hydrogen-bond acceptors (Lipinski definition) is 1. The van der Waals surface area contributed by atoms with Gasteiger partial charge in [0.05, 0.1) is 0 Å². The maximum atomic E-state index is 11.9. The van der Waals surface area contributed by atoms with Crippen LogP contribution in [0.25, 0.3) is 0 Å². The highest BCUT2D eigenvalue weighted by atomic mass is 16.1. The predicted molar refractivity (Wildman–Crippen MR) is 55.9 cm³/mol. The minimum atomic E-state index is 0.393. The minimum Gasteiger partial charge on any atom is -0.299 e. The van der Waals surface area contributed by atoms with Crippen molar-refractivity contribution in [2.24, 2.45) is 22.2 Å². The fourth-order valence-electron chi connectivity index (χ4n) is 5.27. The summed E-state index contributed by atoms with van der Waals surface area (Å²) in [5, 5.41) is 0. The van der Waals surface area contributed by atoms with E-state index in [-0.39, 0.29) is 0 Å². The van der Waals surface area contributed by atoms with Crippen molar-refractivity contribution < 1.29 is 4.79 Å². The van der Waals surface area contributed by atoms with E-state index < -0.39 is 0 Å². The van der Waals surface area contributed by atoms with Gasteiger partial charge in [-0.3, -0.25) is 4.79 Å². The zero-order valence-corrected chi connectivity index (χ0v) is 9.52. The maximum absolute atomic E-state index is 11.9. The maximum Gasteiger partial charge on any atom is 0.137 e. The second-order valence-corrected chi connectivity index (χ2v) is 6.53. The average Bonchev–Trinajstić information content (AvgIpc) is 2.44. The Balaban J connectivity index is 2.09. The van der Waals surface area contributed by atoms with Gasteiger partial charge in [-0.05, 0) is 35.5 Å². The van der Waals surface area contributed by atoms with Crippen LogP contribution in [-0.2, 0) is 4.79 Å². The van der Waals surface area contributed by atoms with Crippen LogP contribution in [0.2, 0.25) is 0 Å². The number of carbonyl (C=O) groups excluding carboxylic acids is 1. The monoisotopic (exact) mass is 192 g/mol. The van der Waals surface area contributed by atoms with E-state index in [1.165, 1.54) is 25.7 Å². The first-order valence-electron chi connectivity index (χ1n) is 5.98. The molecule has 0 radical (unpaired) electrons. The largest absolute Gasteiger partial charge is 0.299 e. The quantitative estimate of drug-likeness (QED) is 0.576. The SMILES string of the molecule is CC1(C)CCC[C@]2(C)[C@@H]3C(=O)CC[C@@]312. The molecule has 3 fully saturated rings. The van der Waals surface area contributed by atoms with Crippen molar-refractivity contribution in [3.05, 3.63) is 0 Å². The lowest BCUT2D eigenvalue weighted by Gasteiger charge is -2.42. The summed E-state index contributed by atoms with van der Waals surface area (Å²) >= 11 is 0. The lowest BCUT2D eigenvalue weighted by molar-refractivity contribution is -0.120. The summed E-state index contributed by atoms with van der Waals surface area (Å²) in [6, 6.07) is 0. The Kier molecular flexibility index (Phi) is 1.34. The minimum absolute atomic E-state index is 0.393. The number of fused-ring (bicyclic) bond motifs is 1. The van der Waals surface area contributed by atoms with Gasteiger partial charge in [-0.25, -0.2) is 0 Å². The number of rotatable bonds is 0. The second kappa shape index (κ2) is 2.10.